The van der Waals surface area contributed by atoms with Crippen LogP contribution in [0.5, 0.6) is 0 Å². The van der Waals surface area contributed by atoms with E-state index < -0.39 is 29.4 Å². The van der Waals surface area contributed by atoms with Gasteiger partial charge in [-0.2, -0.15) is 13.2 Å². The summed E-state index contributed by atoms with van der Waals surface area (Å²) in [5.74, 6) is -1.70. The van der Waals surface area contributed by atoms with Crippen LogP contribution in [-0.2, 0) is 17.5 Å². The third kappa shape index (κ3) is 4.83. The first kappa shape index (κ1) is 16.5. The maximum atomic E-state index is 12.6. The Morgan fingerprint density at radius 2 is 2.05 bits per heavy atom. The Balaban J connectivity index is 2.87. The lowest BCUT2D eigenvalue weighted by molar-refractivity contribution is -0.138. The molecule has 0 radical (unpaired) electrons. The van der Waals surface area contributed by atoms with E-state index in [4.69, 9.17) is 5.11 Å². The average Bonchev–Trinajstić information content (AvgIpc) is 2.41. The lowest BCUT2D eigenvalue weighted by atomic mass is 10.0. The molecule has 114 valence electrons. The summed E-state index contributed by atoms with van der Waals surface area (Å²) in [6.45, 7) is 3.16. The molecule has 1 aromatic carbocycles. The Hall–Kier alpha value is -2.51. The van der Waals surface area contributed by atoms with Gasteiger partial charge in [0.15, 0.2) is 0 Å². The van der Waals surface area contributed by atoms with Crippen molar-refractivity contribution >= 4 is 12.1 Å². The van der Waals surface area contributed by atoms with E-state index >= 15 is 0 Å². The van der Waals surface area contributed by atoms with Crippen LogP contribution in [0.4, 0.5) is 18.0 Å². The molecule has 0 bridgehead atoms. The van der Waals surface area contributed by atoms with Crippen LogP contribution in [0.2, 0.25) is 0 Å². The maximum absolute atomic E-state index is 12.6. The first-order valence-electron chi connectivity index (χ1n) is 5.70. The zero-order chi connectivity index (χ0) is 16.0. The third-order valence-electron chi connectivity index (χ3n) is 2.39. The van der Waals surface area contributed by atoms with Gasteiger partial charge < -0.3 is 15.2 Å². The number of alkyl halides is 3. The van der Waals surface area contributed by atoms with Crippen molar-refractivity contribution in [3.05, 3.63) is 47.5 Å². The van der Waals surface area contributed by atoms with Crippen molar-refractivity contribution in [2.45, 2.75) is 12.7 Å². The topological polar surface area (TPSA) is 75.6 Å². The summed E-state index contributed by atoms with van der Waals surface area (Å²) in [7, 11) is 0. The highest BCUT2D eigenvalue weighted by Gasteiger charge is 2.35. The van der Waals surface area contributed by atoms with Gasteiger partial charge >= 0.3 is 18.2 Å². The molecule has 8 heteroatoms. The highest BCUT2D eigenvalue weighted by Crippen LogP contribution is 2.32. The molecule has 0 fully saturated rings. The first-order valence-corrected chi connectivity index (χ1v) is 5.70. The fourth-order valence-electron chi connectivity index (χ4n) is 1.49. The second-order valence-corrected chi connectivity index (χ2v) is 3.92. The zero-order valence-corrected chi connectivity index (χ0v) is 10.7. The molecule has 1 rings (SSSR count). The summed E-state index contributed by atoms with van der Waals surface area (Å²) in [4.78, 5) is 22.0. The molecular formula is C13H12F3NO4. The average molecular weight is 303 g/mol. The van der Waals surface area contributed by atoms with Gasteiger partial charge in [-0.15, -0.1) is 0 Å². The Bertz CT molecular complexity index is 555. The van der Waals surface area contributed by atoms with Crippen LogP contribution in [-0.4, -0.2) is 23.8 Å². The Kier molecular flexibility index (Phi) is 5.34. The van der Waals surface area contributed by atoms with Crippen molar-refractivity contribution in [3.8, 4) is 0 Å². The summed E-state index contributed by atoms with van der Waals surface area (Å²) >= 11 is 0. The minimum Gasteiger partial charge on any atom is -0.478 e. The van der Waals surface area contributed by atoms with E-state index in [1.54, 1.807) is 0 Å². The molecule has 2 N–H and O–H groups in total. The Morgan fingerprint density at radius 1 is 1.38 bits per heavy atom. The van der Waals surface area contributed by atoms with Gasteiger partial charge in [0, 0.05) is 6.54 Å². The lowest BCUT2D eigenvalue weighted by Gasteiger charge is -2.12. The predicted molar refractivity (Wildman–Crippen MR) is 66.8 cm³/mol. The summed E-state index contributed by atoms with van der Waals surface area (Å²) in [6.07, 6.45) is -4.20. The van der Waals surface area contributed by atoms with Crippen molar-refractivity contribution in [1.82, 2.24) is 5.32 Å². The SMILES string of the molecule is C=CCOC(=O)NCc1ccc(C(F)(F)F)c(C(=O)O)c1. The second kappa shape index (κ2) is 6.78. The summed E-state index contributed by atoms with van der Waals surface area (Å²) in [5, 5.41) is 11.1. The molecule has 0 aliphatic carbocycles. The summed E-state index contributed by atoms with van der Waals surface area (Å²) in [6, 6.07) is 2.61. The van der Waals surface area contributed by atoms with Crippen LogP contribution < -0.4 is 5.32 Å². The number of hydrogen-bond acceptors (Lipinski definition) is 3. The van der Waals surface area contributed by atoms with Crippen molar-refractivity contribution in [2.75, 3.05) is 6.61 Å². The fraction of sp³-hybridized carbons (Fsp3) is 0.231. The van der Waals surface area contributed by atoms with Gasteiger partial charge in [0.1, 0.15) is 6.61 Å². The monoisotopic (exact) mass is 303 g/mol. The van der Waals surface area contributed by atoms with Crippen LogP contribution >= 0.6 is 0 Å². The quantitative estimate of drug-likeness (QED) is 0.820. The minimum atomic E-state index is -4.76. The number of aromatic carboxylic acids is 1. The molecule has 0 aromatic heterocycles. The standard InChI is InChI=1S/C13H12F3NO4/c1-2-5-21-12(20)17-7-8-3-4-10(13(14,15)16)9(6-8)11(18)19/h2-4,6H,1,5,7H2,(H,17,20)(H,18,19). The molecule has 0 aliphatic heterocycles. The predicted octanol–water partition coefficient (Wildman–Crippen LogP) is 2.82. The van der Waals surface area contributed by atoms with E-state index in [2.05, 4.69) is 16.6 Å². The van der Waals surface area contributed by atoms with Gasteiger partial charge in [0.05, 0.1) is 11.1 Å². The van der Waals surface area contributed by atoms with E-state index in [1.807, 2.05) is 0 Å². The number of benzene rings is 1. The van der Waals surface area contributed by atoms with Gasteiger partial charge in [-0.25, -0.2) is 9.59 Å². The van der Waals surface area contributed by atoms with Crippen LogP contribution in [0.25, 0.3) is 0 Å². The first-order chi connectivity index (χ1) is 9.75. The third-order valence-corrected chi connectivity index (χ3v) is 2.39. The molecular weight excluding hydrogens is 291 g/mol. The van der Waals surface area contributed by atoms with E-state index in [0.29, 0.717) is 6.07 Å². The number of amides is 1. The number of carbonyl (C=O) groups excluding carboxylic acids is 1. The van der Waals surface area contributed by atoms with Gasteiger partial charge in [0.25, 0.3) is 0 Å². The molecule has 0 heterocycles. The van der Waals surface area contributed by atoms with Crippen molar-refractivity contribution in [2.24, 2.45) is 0 Å². The number of ether oxygens (including phenoxy) is 1. The van der Waals surface area contributed by atoms with Crippen LogP contribution in [0.3, 0.4) is 0 Å². The molecule has 0 atom stereocenters. The van der Waals surface area contributed by atoms with Gasteiger partial charge in [-0.05, 0) is 17.7 Å². The van der Waals surface area contributed by atoms with E-state index in [-0.39, 0.29) is 18.7 Å². The summed E-state index contributed by atoms with van der Waals surface area (Å²) < 4.78 is 42.5. The molecule has 1 aromatic rings. The molecule has 21 heavy (non-hydrogen) atoms. The number of rotatable bonds is 5. The highest BCUT2D eigenvalue weighted by molar-refractivity contribution is 5.90. The molecule has 0 saturated heterocycles. The second-order valence-electron chi connectivity index (χ2n) is 3.92. The van der Waals surface area contributed by atoms with E-state index in [9.17, 15) is 22.8 Å². The van der Waals surface area contributed by atoms with Crippen molar-refractivity contribution in [1.29, 1.82) is 0 Å². The highest BCUT2D eigenvalue weighted by atomic mass is 19.4. The number of carboxylic acid groups (broad SMARTS) is 1. The lowest BCUT2D eigenvalue weighted by Crippen LogP contribution is -2.24. The molecule has 0 aliphatic rings. The maximum Gasteiger partial charge on any atom is 0.417 e. The molecule has 5 nitrogen and oxygen atoms in total. The minimum absolute atomic E-state index is 0.0147. The Labute approximate surface area is 118 Å². The summed E-state index contributed by atoms with van der Waals surface area (Å²) in [5.41, 5.74) is -1.91. The zero-order valence-electron chi connectivity index (χ0n) is 10.7. The van der Waals surface area contributed by atoms with Crippen molar-refractivity contribution < 1.29 is 32.6 Å². The largest absolute Gasteiger partial charge is 0.478 e. The fourth-order valence-corrected chi connectivity index (χ4v) is 1.49. The normalized spacial score (nSPS) is 10.8. The molecule has 0 unspecified atom stereocenters. The number of carbonyl (C=O) groups is 2. The van der Waals surface area contributed by atoms with Crippen LogP contribution in [0.15, 0.2) is 30.9 Å². The van der Waals surface area contributed by atoms with E-state index in [1.165, 1.54) is 6.08 Å². The number of nitrogens with one attached hydrogen (secondary N) is 1. The van der Waals surface area contributed by atoms with Crippen LogP contribution in [0.1, 0.15) is 21.5 Å². The molecule has 0 spiro atoms. The van der Waals surface area contributed by atoms with Crippen molar-refractivity contribution in [3.63, 3.8) is 0 Å². The Morgan fingerprint density at radius 3 is 2.57 bits per heavy atom. The van der Waals surface area contributed by atoms with Gasteiger partial charge in [0.2, 0.25) is 0 Å². The van der Waals surface area contributed by atoms with E-state index in [0.717, 1.165) is 12.1 Å². The van der Waals surface area contributed by atoms with Gasteiger partial charge in [-0.3, -0.25) is 0 Å². The molecule has 0 saturated carbocycles. The number of hydrogen-bond donors (Lipinski definition) is 2. The smallest absolute Gasteiger partial charge is 0.417 e. The number of alkyl carbamates (subject to hydrolysis) is 1. The number of halogens is 3. The molecule has 1 amide bonds. The number of carboxylic acids is 1. The van der Waals surface area contributed by atoms with Gasteiger partial charge in [-0.1, -0.05) is 18.7 Å². The van der Waals surface area contributed by atoms with Crippen LogP contribution in [0, 0.1) is 0 Å².